The van der Waals surface area contributed by atoms with Crippen LogP contribution in [-0.2, 0) is 11.3 Å². The van der Waals surface area contributed by atoms with Gasteiger partial charge in [-0.25, -0.2) is 4.98 Å². The summed E-state index contributed by atoms with van der Waals surface area (Å²) < 4.78 is 1.55. The predicted octanol–water partition coefficient (Wildman–Crippen LogP) is 2.78. The summed E-state index contributed by atoms with van der Waals surface area (Å²) in [5, 5.41) is 2.82. The predicted molar refractivity (Wildman–Crippen MR) is 118 cm³/mol. The molecule has 3 heterocycles. The molecule has 7 nitrogen and oxygen atoms in total. The highest BCUT2D eigenvalue weighted by molar-refractivity contribution is 5.95. The van der Waals surface area contributed by atoms with Crippen molar-refractivity contribution in [3.63, 3.8) is 0 Å². The number of anilines is 1. The summed E-state index contributed by atoms with van der Waals surface area (Å²) in [4.78, 5) is 44.1. The lowest BCUT2D eigenvalue weighted by Crippen LogP contribution is -2.43. The van der Waals surface area contributed by atoms with Gasteiger partial charge in [-0.15, -0.1) is 0 Å². The number of nitrogens with zero attached hydrogens (tertiary/aromatic N) is 3. The number of piperidine rings is 1. The average molecular weight is 416 g/mol. The number of amides is 2. The van der Waals surface area contributed by atoms with E-state index in [4.69, 9.17) is 0 Å². The molecule has 31 heavy (non-hydrogen) atoms. The lowest BCUT2D eigenvalue weighted by molar-refractivity contribution is -0.121. The van der Waals surface area contributed by atoms with E-state index in [0.717, 1.165) is 5.56 Å². The van der Waals surface area contributed by atoms with Gasteiger partial charge in [-0.05, 0) is 42.7 Å². The summed E-state index contributed by atoms with van der Waals surface area (Å²) in [6, 6.07) is 18.3. The molecule has 2 amide bonds. The smallest absolute Gasteiger partial charge is 0.263 e. The van der Waals surface area contributed by atoms with E-state index < -0.39 is 0 Å². The first-order chi connectivity index (χ1) is 15.1. The number of carbonyl (C=O) groups is 2. The van der Waals surface area contributed by atoms with Crippen LogP contribution in [0.15, 0.2) is 77.9 Å². The molecule has 3 aromatic rings. The van der Waals surface area contributed by atoms with Crippen molar-refractivity contribution >= 4 is 17.6 Å². The fourth-order valence-electron chi connectivity index (χ4n) is 3.78. The summed E-state index contributed by atoms with van der Waals surface area (Å²) >= 11 is 0. The van der Waals surface area contributed by atoms with Gasteiger partial charge in [0.05, 0.1) is 6.54 Å². The molecule has 0 atom stereocenters. The molecule has 4 rings (SSSR count). The Morgan fingerprint density at radius 3 is 2.42 bits per heavy atom. The van der Waals surface area contributed by atoms with Gasteiger partial charge in [0.2, 0.25) is 5.91 Å². The molecule has 2 aromatic heterocycles. The number of nitrogens with one attached hydrogen (secondary N) is 1. The van der Waals surface area contributed by atoms with Crippen LogP contribution in [-0.4, -0.2) is 39.4 Å². The minimum absolute atomic E-state index is 0.0873. The van der Waals surface area contributed by atoms with E-state index in [2.05, 4.69) is 10.3 Å². The Morgan fingerprint density at radius 1 is 0.968 bits per heavy atom. The topological polar surface area (TPSA) is 84.3 Å². The lowest BCUT2D eigenvalue weighted by Gasteiger charge is -2.31. The molecule has 0 aliphatic carbocycles. The zero-order valence-corrected chi connectivity index (χ0v) is 17.1. The quantitative estimate of drug-likeness (QED) is 0.693. The number of benzene rings is 1. The normalized spacial score (nSPS) is 14.3. The van der Waals surface area contributed by atoms with Crippen molar-refractivity contribution in [3.8, 4) is 0 Å². The van der Waals surface area contributed by atoms with Gasteiger partial charge in [-0.3, -0.25) is 14.4 Å². The largest absolute Gasteiger partial charge is 0.338 e. The molecule has 0 bridgehead atoms. The second kappa shape index (κ2) is 9.38. The highest BCUT2D eigenvalue weighted by atomic mass is 16.2. The minimum atomic E-state index is -0.300. The van der Waals surface area contributed by atoms with Gasteiger partial charge in [0, 0.05) is 31.4 Å². The number of rotatable bonds is 5. The van der Waals surface area contributed by atoms with Crippen LogP contribution in [0.5, 0.6) is 0 Å². The first-order valence-corrected chi connectivity index (χ1v) is 10.4. The van der Waals surface area contributed by atoms with Crippen molar-refractivity contribution in [1.29, 1.82) is 0 Å². The summed E-state index contributed by atoms with van der Waals surface area (Å²) in [6.45, 7) is 1.29. The fourth-order valence-corrected chi connectivity index (χ4v) is 3.78. The van der Waals surface area contributed by atoms with E-state index in [9.17, 15) is 14.4 Å². The summed E-state index contributed by atoms with van der Waals surface area (Å²) in [6.07, 6.45) is 4.42. The molecule has 0 spiro atoms. The SMILES string of the molecule is O=C(Nc1ccccn1)C1CCN(C(=O)c2cccn(Cc3ccccc3)c2=O)CC1. The van der Waals surface area contributed by atoms with Crippen molar-refractivity contribution < 1.29 is 9.59 Å². The maximum atomic E-state index is 13.0. The van der Waals surface area contributed by atoms with Crippen molar-refractivity contribution in [2.75, 3.05) is 18.4 Å². The van der Waals surface area contributed by atoms with Gasteiger partial charge in [-0.1, -0.05) is 36.4 Å². The Kier molecular flexibility index (Phi) is 6.21. The zero-order chi connectivity index (χ0) is 21.6. The summed E-state index contributed by atoms with van der Waals surface area (Å²) in [5.41, 5.74) is 0.857. The van der Waals surface area contributed by atoms with E-state index in [0.29, 0.717) is 38.3 Å². The maximum absolute atomic E-state index is 13.0. The van der Waals surface area contributed by atoms with E-state index in [1.165, 1.54) is 0 Å². The summed E-state index contributed by atoms with van der Waals surface area (Å²) in [7, 11) is 0. The van der Waals surface area contributed by atoms with Crippen LogP contribution in [0.25, 0.3) is 0 Å². The molecule has 1 aromatic carbocycles. The molecule has 1 aliphatic heterocycles. The minimum Gasteiger partial charge on any atom is -0.338 e. The van der Waals surface area contributed by atoms with Crippen LogP contribution in [0.2, 0.25) is 0 Å². The Bertz CT molecular complexity index is 1100. The van der Waals surface area contributed by atoms with Crippen LogP contribution < -0.4 is 10.9 Å². The zero-order valence-electron chi connectivity index (χ0n) is 17.1. The molecule has 1 aliphatic rings. The molecule has 1 saturated heterocycles. The Hall–Kier alpha value is -3.74. The van der Waals surface area contributed by atoms with E-state index in [1.54, 1.807) is 46.1 Å². The summed E-state index contributed by atoms with van der Waals surface area (Å²) in [5.74, 6) is -0.0300. The number of likely N-dealkylation sites (tertiary alicyclic amines) is 1. The number of hydrogen-bond acceptors (Lipinski definition) is 4. The molecule has 7 heteroatoms. The van der Waals surface area contributed by atoms with Gasteiger partial charge in [0.15, 0.2) is 0 Å². The Balaban J connectivity index is 1.39. The fraction of sp³-hybridized carbons (Fsp3) is 0.250. The first kappa shape index (κ1) is 20.5. The lowest BCUT2D eigenvalue weighted by atomic mass is 9.95. The molecular weight excluding hydrogens is 392 g/mol. The second-order valence-corrected chi connectivity index (χ2v) is 7.61. The van der Waals surface area contributed by atoms with E-state index in [1.807, 2.05) is 36.4 Å². The molecular formula is C24H24N4O3. The van der Waals surface area contributed by atoms with E-state index >= 15 is 0 Å². The monoisotopic (exact) mass is 416 g/mol. The van der Waals surface area contributed by atoms with Gasteiger partial charge in [0.25, 0.3) is 11.5 Å². The van der Waals surface area contributed by atoms with Gasteiger partial charge in [0.1, 0.15) is 11.4 Å². The Labute approximate surface area is 180 Å². The van der Waals surface area contributed by atoms with Crippen LogP contribution in [0.3, 0.4) is 0 Å². The molecule has 158 valence electrons. The Morgan fingerprint density at radius 2 is 1.71 bits per heavy atom. The third kappa shape index (κ3) is 4.88. The molecule has 0 radical (unpaired) electrons. The van der Waals surface area contributed by atoms with Crippen molar-refractivity contribution in [1.82, 2.24) is 14.5 Å². The van der Waals surface area contributed by atoms with Crippen molar-refractivity contribution in [2.24, 2.45) is 5.92 Å². The molecule has 1 N–H and O–H groups in total. The number of aromatic nitrogens is 2. The molecule has 1 fully saturated rings. The third-order valence-corrected chi connectivity index (χ3v) is 5.52. The van der Waals surface area contributed by atoms with Gasteiger partial charge in [-0.2, -0.15) is 0 Å². The molecule has 0 unspecified atom stereocenters. The van der Waals surface area contributed by atoms with E-state index in [-0.39, 0.29) is 28.9 Å². The second-order valence-electron chi connectivity index (χ2n) is 7.61. The average Bonchev–Trinajstić information content (AvgIpc) is 2.81. The van der Waals surface area contributed by atoms with Crippen LogP contribution in [0.1, 0.15) is 28.8 Å². The number of hydrogen-bond donors (Lipinski definition) is 1. The van der Waals surface area contributed by atoms with Gasteiger partial charge >= 0.3 is 0 Å². The van der Waals surface area contributed by atoms with Crippen LogP contribution in [0, 0.1) is 5.92 Å². The van der Waals surface area contributed by atoms with Crippen molar-refractivity contribution in [2.45, 2.75) is 19.4 Å². The highest BCUT2D eigenvalue weighted by Crippen LogP contribution is 2.20. The number of carbonyl (C=O) groups excluding carboxylic acids is 2. The van der Waals surface area contributed by atoms with Gasteiger partial charge < -0.3 is 14.8 Å². The molecule has 0 saturated carbocycles. The third-order valence-electron chi connectivity index (χ3n) is 5.52. The standard InChI is InChI=1S/C24H24N4O3/c29-22(26-21-10-4-5-13-25-21)19-11-15-27(16-12-19)23(30)20-9-6-14-28(24(20)31)17-18-7-2-1-3-8-18/h1-10,13-14,19H,11-12,15-17H2,(H,25,26,29). The van der Waals surface area contributed by atoms with Crippen molar-refractivity contribution in [3.05, 3.63) is 94.5 Å². The number of pyridine rings is 2. The maximum Gasteiger partial charge on any atom is 0.263 e. The first-order valence-electron chi connectivity index (χ1n) is 10.4. The van der Waals surface area contributed by atoms with Crippen LogP contribution >= 0.6 is 0 Å². The highest BCUT2D eigenvalue weighted by Gasteiger charge is 2.29. The van der Waals surface area contributed by atoms with Crippen LogP contribution in [0.4, 0.5) is 5.82 Å².